The summed E-state index contributed by atoms with van der Waals surface area (Å²) in [4.78, 5) is 23.7. The summed E-state index contributed by atoms with van der Waals surface area (Å²) in [5, 5.41) is 9.41. The van der Waals surface area contributed by atoms with Crippen molar-refractivity contribution in [2.45, 2.75) is 19.4 Å². The first-order valence-electron chi connectivity index (χ1n) is 7.62. The normalized spacial score (nSPS) is 14.5. The third kappa shape index (κ3) is 2.23. The molecule has 0 bridgehead atoms. The molecule has 1 aliphatic rings. The minimum atomic E-state index is -1.33. The Labute approximate surface area is 147 Å². The van der Waals surface area contributed by atoms with Gasteiger partial charge in [-0.1, -0.05) is 35.9 Å². The Morgan fingerprint density at radius 2 is 1.88 bits per heavy atom. The smallest absolute Gasteiger partial charge is 0.371 e. The highest BCUT2D eigenvalue weighted by atomic mass is 35.5. The van der Waals surface area contributed by atoms with Crippen molar-refractivity contribution in [1.29, 1.82) is 0 Å². The molecule has 0 saturated carbocycles. The van der Waals surface area contributed by atoms with Crippen LogP contribution in [0.4, 0.5) is 0 Å². The first-order chi connectivity index (χ1) is 11.8. The van der Waals surface area contributed by atoms with Gasteiger partial charge in [0, 0.05) is 17.2 Å². The van der Waals surface area contributed by atoms with E-state index in [1.165, 1.54) is 0 Å². The van der Waals surface area contributed by atoms with Crippen LogP contribution in [0.5, 0.6) is 5.75 Å². The van der Waals surface area contributed by atoms with Crippen LogP contribution in [0.15, 0.2) is 45.6 Å². The average Bonchev–Trinajstić information content (AvgIpc) is 2.56. The van der Waals surface area contributed by atoms with E-state index in [1.54, 1.807) is 6.07 Å². The lowest BCUT2D eigenvalue weighted by atomic mass is 9.85. The Kier molecular flexibility index (Phi) is 3.21. The number of ether oxygens (including phenoxy) is 1. The number of hydrogen-bond acceptors (Lipinski definition) is 4. The van der Waals surface area contributed by atoms with Gasteiger partial charge in [0.15, 0.2) is 11.0 Å². The van der Waals surface area contributed by atoms with Gasteiger partial charge >= 0.3 is 5.97 Å². The molecule has 5 nitrogen and oxygen atoms in total. The topological polar surface area (TPSA) is 76.7 Å². The predicted octanol–water partition coefficient (Wildman–Crippen LogP) is 4.44. The van der Waals surface area contributed by atoms with Gasteiger partial charge in [0.25, 0.3) is 0 Å². The van der Waals surface area contributed by atoms with Crippen LogP contribution in [0.25, 0.3) is 22.1 Å². The van der Waals surface area contributed by atoms with E-state index in [-0.39, 0.29) is 16.0 Å². The maximum Gasteiger partial charge on any atom is 0.371 e. The fourth-order valence-corrected chi connectivity index (χ4v) is 3.48. The number of aromatic carboxylic acids is 1. The van der Waals surface area contributed by atoms with Crippen molar-refractivity contribution in [3.05, 3.63) is 63.0 Å². The van der Waals surface area contributed by atoms with E-state index >= 15 is 0 Å². The van der Waals surface area contributed by atoms with Crippen LogP contribution in [0.1, 0.15) is 30.0 Å². The Morgan fingerprint density at radius 3 is 2.60 bits per heavy atom. The third-order valence-electron chi connectivity index (χ3n) is 4.34. The lowest BCUT2D eigenvalue weighted by Gasteiger charge is -2.35. The van der Waals surface area contributed by atoms with E-state index in [2.05, 4.69) is 0 Å². The van der Waals surface area contributed by atoms with Crippen LogP contribution in [0.2, 0.25) is 5.02 Å². The molecule has 0 atom stereocenters. The summed E-state index contributed by atoms with van der Waals surface area (Å²) >= 11 is 6.30. The zero-order chi connectivity index (χ0) is 17.9. The SMILES string of the molecule is CC1(C)Oc2c(cc(Cl)c3oc(C(=O)O)cc(=O)c23)-c2ccccc21. The molecule has 0 amide bonds. The molecule has 4 rings (SSSR count). The van der Waals surface area contributed by atoms with Crippen molar-refractivity contribution in [3.8, 4) is 16.9 Å². The summed E-state index contributed by atoms with van der Waals surface area (Å²) in [6.45, 7) is 3.81. The van der Waals surface area contributed by atoms with Gasteiger partial charge in [0.2, 0.25) is 5.76 Å². The van der Waals surface area contributed by atoms with Gasteiger partial charge in [-0.3, -0.25) is 4.79 Å². The van der Waals surface area contributed by atoms with E-state index in [0.717, 1.165) is 17.2 Å². The van der Waals surface area contributed by atoms with Gasteiger partial charge < -0.3 is 14.3 Å². The highest BCUT2D eigenvalue weighted by Gasteiger charge is 2.35. The fourth-order valence-electron chi connectivity index (χ4n) is 3.23. The van der Waals surface area contributed by atoms with Gasteiger partial charge in [-0.25, -0.2) is 4.79 Å². The summed E-state index contributed by atoms with van der Waals surface area (Å²) in [7, 11) is 0. The molecular formula is C19H13ClO5. The van der Waals surface area contributed by atoms with E-state index in [0.29, 0.717) is 11.3 Å². The van der Waals surface area contributed by atoms with Gasteiger partial charge in [-0.15, -0.1) is 0 Å². The molecule has 1 aliphatic heterocycles. The average molecular weight is 357 g/mol. The van der Waals surface area contributed by atoms with E-state index in [9.17, 15) is 9.59 Å². The number of carboxylic acid groups (broad SMARTS) is 1. The molecule has 1 aromatic heterocycles. The van der Waals surface area contributed by atoms with Gasteiger partial charge in [-0.2, -0.15) is 0 Å². The van der Waals surface area contributed by atoms with Gasteiger partial charge in [0.1, 0.15) is 16.7 Å². The Bertz CT molecular complexity index is 1110. The molecule has 0 unspecified atom stereocenters. The first kappa shape index (κ1) is 15.7. The van der Waals surface area contributed by atoms with Crippen molar-refractivity contribution < 1.29 is 19.1 Å². The number of halogens is 1. The summed E-state index contributed by atoms with van der Waals surface area (Å²) in [5.41, 5.74) is 1.42. The minimum absolute atomic E-state index is 0.0143. The van der Waals surface area contributed by atoms with Gasteiger partial charge in [0.05, 0.1) is 5.02 Å². The highest BCUT2D eigenvalue weighted by molar-refractivity contribution is 6.35. The quantitative estimate of drug-likeness (QED) is 0.697. The standard InChI is InChI=1S/C19H13ClO5/c1-19(2)11-6-4-3-5-9(11)10-7-12(20)17-15(16(10)25-19)13(21)8-14(24-17)18(22)23/h3-8H,1-2H3,(H,22,23). The second-order valence-corrected chi connectivity index (χ2v) is 6.78. The molecule has 3 aromatic rings. The molecule has 2 heterocycles. The molecule has 0 aliphatic carbocycles. The second kappa shape index (κ2) is 5.10. The van der Waals surface area contributed by atoms with E-state index in [4.69, 9.17) is 25.9 Å². The van der Waals surface area contributed by atoms with E-state index < -0.39 is 22.8 Å². The number of benzene rings is 2. The number of carboxylic acids is 1. The minimum Gasteiger partial charge on any atom is -0.482 e. The predicted molar refractivity (Wildman–Crippen MR) is 93.5 cm³/mol. The second-order valence-electron chi connectivity index (χ2n) is 6.38. The molecule has 0 fully saturated rings. The van der Waals surface area contributed by atoms with Crippen LogP contribution in [0.3, 0.4) is 0 Å². The maximum absolute atomic E-state index is 12.6. The third-order valence-corrected chi connectivity index (χ3v) is 4.62. The van der Waals surface area contributed by atoms with Crippen molar-refractivity contribution in [2.75, 3.05) is 0 Å². The van der Waals surface area contributed by atoms with E-state index in [1.807, 2.05) is 38.1 Å². The molecule has 25 heavy (non-hydrogen) atoms. The lowest BCUT2D eigenvalue weighted by Crippen LogP contribution is -2.30. The lowest BCUT2D eigenvalue weighted by molar-refractivity contribution is 0.0662. The van der Waals surface area contributed by atoms with Crippen LogP contribution in [-0.4, -0.2) is 11.1 Å². The van der Waals surface area contributed by atoms with Crippen LogP contribution in [-0.2, 0) is 5.60 Å². The molecular weight excluding hydrogens is 344 g/mol. The molecule has 6 heteroatoms. The van der Waals surface area contributed by atoms with Crippen molar-refractivity contribution >= 4 is 28.5 Å². The molecule has 0 radical (unpaired) electrons. The zero-order valence-electron chi connectivity index (χ0n) is 13.4. The monoisotopic (exact) mass is 356 g/mol. The van der Waals surface area contributed by atoms with Crippen molar-refractivity contribution in [3.63, 3.8) is 0 Å². The molecule has 1 N–H and O–H groups in total. The number of hydrogen-bond donors (Lipinski definition) is 1. The fraction of sp³-hybridized carbons (Fsp3) is 0.158. The van der Waals surface area contributed by atoms with Crippen LogP contribution >= 0.6 is 11.6 Å². The molecule has 126 valence electrons. The van der Waals surface area contributed by atoms with Crippen LogP contribution < -0.4 is 10.2 Å². The highest BCUT2D eigenvalue weighted by Crippen LogP contribution is 2.49. The number of rotatable bonds is 1. The Balaban J connectivity index is 2.16. The Hall–Kier alpha value is -2.79. The number of fused-ring (bicyclic) bond motifs is 5. The summed E-state index contributed by atoms with van der Waals surface area (Å²) in [5.74, 6) is -1.44. The first-order valence-corrected chi connectivity index (χ1v) is 8.00. The largest absolute Gasteiger partial charge is 0.482 e. The molecule has 0 spiro atoms. The van der Waals surface area contributed by atoms with Crippen LogP contribution in [0, 0.1) is 0 Å². The summed E-state index contributed by atoms with van der Waals surface area (Å²) in [6.07, 6.45) is 0. The zero-order valence-corrected chi connectivity index (χ0v) is 14.2. The molecule has 2 aromatic carbocycles. The summed E-state index contributed by atoms with van der Waals surface area (Å²) < 4.78 is 11.5. The number of carbonyl (C=O) groups is 1. The van der Waals surface area contributed by atoms with Crippen molar-refractivity contribution in [2.24, 2.45) is 0 Å². The molecule has 0 saturated heterocycles. The van der Waals surface area contributed by atoms with Gasteiger partial charge in [-0.05, 0) is 25.5 Å². The van der Waals surface area contributed by atoms with Crippen molar-refractivity contribution in [1.82, 2.24) is 0 Å². The maximum atomic E-state index is 12.6. The summed E-state index contributed by atoms with van der Waals surface area (Å²) in [6, 6.07) is 10.3. The Morgan fingerprint density at radius 1 is 1.16 bits per heavy atom.